The summed E-state index contributed by atoms with van der Waals surface area (Å²) in [6, 6.07) is 7.61. The number of rotatable bonds is 0. The van der Waals surface area contributed by atoms with Crippen molar-refractivity contribution in [3.05, 3.63) is 24.3 Å². The van der Waals surface area contributed by atoms with Crippen LogP contribution in [0.4, 0.5) is 5.69 Å². The fourth-order valence-corrected chi connectivity index (χ4v) is 0.753. The molecule has 1 aromatic rings. The summed E-state index contributed by atoms with van der Waals surface area (Å²) in [5, 5.41) is 0. The van der Waals surface area contributed by atoms with Crippen LogP contribution in [-0.4, -0.2) is 16.0 Å². The zero-order valence-corrected chi connectivity index (χ0v) is 6.01. The monoisotopic (exact) mass is 172 g/mol. The molecule has 0 saturated carbocycles. The van der Waals surface area contributed by atoms with E-state index in [-0.39, 0.29) is 0 Å². The molecule has 1 nitrogen and oxygen atoms in total. The predicted octanol–water partition coefficient (Wildman–Crippen LogP) is 0.0626. The molecule has 0 bridgehead atoms. The van der Waals surface area contributed by atoms with E-state index in [4.69, 9.17) is 5.73 Å². The van der Waals surface area contributed by atoms with Crippen LogP contribution in [0.15, 0.2) is 24.3 Å². The Morgan fingerprint density at radius 3 is 2.00 bits per heavy atom. The molecule has 42 valence electrons. The van der Waals surface area contributed by atoms with Crippen molar-refractivity contribution in [2.24, 2.45) is 0 Å². The molecule has 2 heteroatoms. The van der Waals surface area contributed by atoms with Crippen molar-refractivity contribution in [2.45, 2.75) is 0 Å². The average molecular weight is 171 g/mol. The molecular formula is C6H6NSe-. The summed E-state index contributed by atoms with van der Waals surface area (Å²) in [6.07, 6.45) is 0. The van der Waals surface area contributed by atoms with Crippen LogP contribution in [-0.2, 0) is 0 Å². The van der Waals surface area contributed by atoms with E-state index in [0.29, 0.717) is 0 Å². The Kier molecular flexibility index (Phi) is 1.56. The fraction of sp³-hybridized carbons (Fsp3) is 0. The summed E-state index contributed by atoms with van der Waals surface area (Å²) >= 11 is 2.87. The minimum absolute atomic E-state index is 0.809. The van der Waals surface area contributed by atoms with Crippen molar-refractivity contribution < 1.29 is 0 Å². The van der Waals surface area contributed by atoms with Gasteiger partial charge in [-0.2, -0.15) is 0 Å². The van der Waals surface area contributed by atoms with E-state index in [1.807, 2.05) is 24.3 Å². The van der Waals surface area contributed by atoms with E-state index in [2.05, 4.69) is 16.0 Å². The molecular weight excluding hydrogens is 165 g/mol. The Labute approximate surface area is 56.7 Å². The first kappa shape index (κ1) is 5.67. The summed E-state index contributed by atoms with van der Waals surface area (Å²) in [7, 11) is 0. The number of nitrogen functional groups attached to an aromatic ring is 1. The van der Waals surface area contributed by atoms with Crippen molar-refractivity contribution in [3.8, 4) is 0 Å². The van der Waals surface area contributed by atoms with E-state index >= 15 is 0 Å². The molecule has 2 N–H and O–H groups in total. The second-order valence-corrected chi connectivity index (χ2v) is 2.56. The number of nitrogens with two attached hydrogens (primary N) is 1. The zero-order valence-electron chi connectivity index (χ0n) is 4.29. The molecule has 1 rings (SSSR count). The van der Waals surface area contributed by atoms with Crippen LogP contribution < -0.4 is 10.2 Å². The van der Waals surface area contributed by atoms with Crippen molar-refractivity contribution in [1.82, 2.24) is 0 Å². The van der Waals surface area contributed by atoms with Gasteiger partial charge in [-0.1, -0.05) is 0 Å². The Morgan fingerprint density at radius 1 is 1.12 bits per heavy atom. The van der Waals surface area contributed by atoms with Gasteiger partial charge in [0.05, 0.1) is 0 Å². The van der Waals surface area contributed by atoms with Crippen LogP contribution >= 0.6 is 0 Å². The predicted molar refractivity (Wildman–Crippen MR) is 36.2 cm³/mol. The maximum absolute atomic E-state index is 5.41. The van der Waals surface area contributed by atoms with Gasteiger partial charge in [0, 0.05) is 0 Å². The van der Waals surface area contributed by atoms with Gasteiger partial charge >= 0.3 is 56.2 Å². The topological polar surface area (TPSA) is 26.0 Å². The third-order valence-electron chi connectivity index (χ3n) is 0.880. The summed E-state index contributed by atoms with van der Waals surface area (Å²) in [5.74, 6) is 0. The molecule has 0 unspecified atom stereocenters. The molecule has 0 radical (unpaired) electrons. The standard InChI is InChI=1S/C6H7NSe/c7-5-1-3-6(8)4-2-5/h1-4,8H,7H2/p-1. The van der Waals surface area contributed by atoms with Crippen LogP contribution in [0.25, 0.3) is 0 Å². The fourth-order valence-electron chi connectivity index (χ4n) is 0.468. The maximum atomic E-state index is 5.41. The van der Waals surface area contributed by atoms with Crippen molar-refractivity contribution in [2.75, 3.05) is 5.73 Å². The van der Waals surface area contributed by atoms with Gasteiger partial charge in [-0.3, -0.25) is 0 Å². The molecule has 0 fully saturated rings. The van der Waals surface area contributed by atoms with Gasteiger partial charge in [-0.25, -0.2) is 0 Å². The number of hydrogen-bond donors (Lipinski definition) is 1. The average Bonchev–Trinajstić information content (AvgIpc) is 1.77. The van der Waals surface area contributed by atoms with Crippen LogP contribution in [0.3, 0.4) is 0 Å². The molecule has 8 heavy (non-hydrogen) atoms. The molecule has 0 aliphatic carbocycles. The first-order chi connectivity index (χ1) is 3.79. The van der Waals surface area contributed by atoms with Crippen LogP contribution in [0.5, 0.6) is 0 Å². The number of benzene rings is 1. The van der Waals surface area contributed by atoms with Crippen LogP contribution in [0.2, 0.25) is 0 Å². The minimum atomic E-state index is 0.809. The first-order valence-corrected chi connectivity index (χ1v) is 3.17. The van der Waals surface area contributed by atoms with Gasteiger partial charge < -0.3 is 0 Å². The Morgan fingerprint density at radius 2 is 1.62 bits per heavy atom. The summed E-state index contributed by atoms with van der Waals surface area (Å²) in [6.45, 7) is 0. The summed E-state index contributed by atoms with van der Waals surface area (Å²) in [4.78, 5) is 0. The Bertz CT molecular complexity index is 147. The second kappa shape index (κ2) is 2.21. The third-order valence-corrected chi connectivity index (χ3v) is 1.45. The molecule has 0 aliphatic rings. The SMILES string of the molecule is Nc1ccc([Se-])cc1. The second-order valence-electron chi connectivity index (χ2n) is 1.57. The van der Waals surface area contributed by atoms with E-state index in [9.17, 15) is 0 Å². The van der Waals surface area contributed by atoms with Gasteiger partial charge in [-0.05, 0) is 0 Å². The quantitative estimate of drug-likeness (QED) is 0.433. The van der Waals surface area contributed by atoms with Crippen LogP contribution in [0.1, 0.15) is 0 Å². The normalized spacial score (nSPS) is 9.00. The van der Waals surface area contributed by atoms with E-state index < -0.39 is 0 Å². The molecule has 0 aromatic heterocycles. The molecule has 0 spiro atoms. The first-order valence-electron chi connectivity index (χ1n) is 2.31. The van der Waals surface area contributed by atoms with Crippen molar-refractivity contribution >= 4 is 26.2 Å². The Balaban J connectivity index is 3.03. The summed E-state index contributed by atoms with van der Waals surface area (Å²) < 4.78 is 1.12. The number of hydrogen-bond acceptors (Lipinski definition) is 1. The Hall–Kier alpha value is -0.461. The van der Waals surface area contributed by atoms with E-state index in [1.54, 1.807) is 0 Å². The van der Waals surface area contributed by atoms with E-state index in [0.717, 1.165) is 10.1 Å². The van der Waals surface area contributed by atoms with Crippen molar-refractivity contribution in [3.63, 3.8) is 0 Å². The molecule has 0 saturated heterocycles. The molecule has 0 atom stereocenters. The third kappa shape index (κ3) is 1.25. The van der Waals surface area contributed by atoms with E-state index in [1.165, 1.54) is 0 Å². The van der Waals surface area contributed by atoms with Gasteiger partial charge in [0.1, 0.15) is 0 Å². The molecule has 0 aliphatic heterocycles. The van der Waals surface area contributed by atoms with Gasteiger partial charge in [0.2, 0.25) is 0 Å². The molecule has 1 aromatic carbocycles. The zero-order chi connectivity index (χ0) is 5.98. The molecule has 0 amide bonds. The summed E-state index contributed by atoms with van der Waals surface area (Å²) in [5.41, 5.74) is 6.22. The molecule has 0 heterocycles. The van der Waals surface area contributed by atoms with Gasteiger partial charge in [0.25, 0.3) is 0 Å². The van der Waals surface area contributed by atoms with Crippen molar-refractivity contribution in [1.29, 1.82) is 0 Å². The number of anilines is 1. The van der Waals surface area contributed by atoms with Gasteiger partial charge in [0.15, 0.2) is 0 Å². The van der Waals surface area contributed by atoms with Crippen LogP contribution in [0, 0.1) is 0 Å². The van der Waals surface area contributed by atoms with Gasteiger partial charge in [-0.15, -0.1) is 0 Å².